The summed E-state index contributed by atoms with van der Waals surface area (Å²) in [5, 5.41) is 0. The van der Waals surface area contributed by atoms with Gasteiger partial charge < -0.3 is 9.47 Å². The molecule has 0 bridgehead atoms. The van der Waals surface area contributed by atoms with Crippen molar-refractivity contribution in [2.45, 2.75) is 39.3 Å². The normalized spacial score (nSPS) is 21.1. The summed E-state index contributed by atoms with van der Waals surface area (Å²) in [5.41, 5.74) is 1.22. The van der Waals surface area contributed by atoms with Gasteiger partial charge in [-0.3, -0.25) is 14.5 Å². The van der Waals surface area contributed by atoms with E-state index in [1.54, 1.807) is 13.8 Å². The predicted octanol–water partition coefficient (Wildman–Crippen LogP) is 2.39. The average molecular weight is 319 g/mol. The largest absolute Gasteiger partial charge is 0.465 e. The Morgan fingerprint density at radius 2 is 1.78 bits per heavy atom. The highest BCUT2D eigenvalue weighted by Gasteiger charge is 2.36. The lowest BCUT2D eigenvalue weighted by Gasteiger charge is -2.18. The molecule has 1 aliphatic heterocycles. The van der Waals surface area contributed by atoms with Gasteiger partial charge in [-0.25, -0.2) is 0 Å². The van der Waals surface area contributed by atoms with Gasteiger partial charge in [-0.15, -0.1) is 0 Å². The van der Waals surface area contributed by atoms with Gasteiger partial charge in [-0.1, -0.05) is 44.2 Å². The number of ether oxygens (including phenoxy) is 2. The van der Waals surface area contributed by atoms with Crippen LogP contribution in [-0.4, -0.2) is 42.6 Å². The highest BCUT2D eigenvalue weighted by molar-refractivity contribution is 5.69. The van der Waals surface area contributed by atoms with E-state index in [1.807, 2.05) is 18.2 Å². The molecule has 2 rings (SSSR count). The summed E-state index contributed by atoms with van der Waals surface area (Å²) in [6, 6.07) is 10.2. The third kappa shape index (κ3) is 5.36. The summed E-state index contributed by atoms with van der Waals surface area (Å²) in [6.07, 6.45) is 0.507. The van der Waals surface area contributed by atoms with Gasteiger partial charge in [0.1, 0.15) is 6.10 Å². The number of nitrogens with zero attached hydrogens (tertiary/aromatic N) is 1. The minimum atomic E-state index is -0.216. The Hall–Kier alpha value is -1.88. The molecule has 0 radical (unpaired) electrons. The van der Waals surface area contributed by atoms with Crippen LogP contribution in [0.1, 0.15) is 32.3 Å². The molecule has 5 heteroatoms. The van der Waals surface area contributed by atoms with Crippen molar-refractivity contribution >= 4 is 11.9 Å². The van der Waals surface area contributed by atoms with E-state index in [4.69, 9.17) is 9.47 Å². The van der Waals surface area contributed by atoms with Crippen molar-refractivity contribution in [3.05, 3.63) is 35.9 Å². The van der Waals surface area contributed by atoms with E-state index in [2.05, 4.69) is 17.0 Å². The van der Waals surface area contributed by atoms with Gasteiger partial charge in [0.2, 0.25) is 0 Å². The molecule has 5 nitrogen and oxygen atoms in total. The standard InChI is InChI=1S/C18H25NO4/c1-3-17(20)22-13-15-11-19(10-14-8-6-5-7-9-14)12-16(15)23-18(21)4-2/h5-9,15-16H,3-4,10-13H2,1-2H3. The number of benzene rings is 1. The lowest BCUT2D eigenvalue weighted by molar-refractivity contribution is -0.152. The Balaban J connectivity index is 1.95. The fraction of sp³-hybridized carbons (Fsp3) is 0.556. The van der Waals surface area contributed by atoms with Gasteiger partial charge in [-0.2, -0.15) is 0 Å². The van der Waals surface area contributed by atoms with Crippen LogP contribution in [0.5, 0.6) is 0 Å². The van der Waals surface area contributed by atoms with E-state index in [0.717, 1.165) is 13.1 Å². The molecule has 0 N–H and O–H groups in total. The molecule has 1 aliphatic rings. The summed E-state index contributed by atoms with van der Waals surface area (Å²) in [5.74, 6) is -0.389. The van der Waals surface area contributed by atoms with Crippen LogP contribution in [0, 0.1) is 5.92 Å². The van der Waals surface area contributed by atoms with Gasteiger partial charge in [0.25, 0.3) is 0 Å². The molecule has 2 atom stereocenters. The van der Waals surface area contributed by atoms with Gasteiger partial charge >= 0.3 is 11.9 Å². The van der Waals surface area contributed by atoms with Crippen LogP contribution < -0.4 is 0 Å². The lowest BCUT2D eigenvalue weighted by atomic mass is 10.1. The minimum Gasteiger partial charge on any atom is -0.465 e. The molecule has 2 unspecified atom stereocenters. The maximum atomic E-state index is 11.6. The van der Waals surface area contributed by atoms with Gasteiger partial charge in [0, 0.05) is 38.4 Å². The molecule has 1 fully saturated rings. The Bertz CT molecular complexity index is 517. The topological polar surface area (TPSA) is 55.8 Å². The second-order valence-electron chi connectivity index (χ2n) is 5.86. The molecule has 1 aromatic rings. The first kappa shape index (κ1) is 17.5. The molecule has 1 heterocycles. The van der Waals surface area contributed by atoms with Crippen LogP contribution in [0.3, 0.4) is 0 Å². The Morgan fingerprint density at radius 3 is 2.43 bits per heavy atom. The van der Waals surface area contributed by atoms with E-state index in [0.29, 0.717) is 26.0 Å². The molecule has 0 aliphatic carbocycles. The molecule has 0 saturated carbocycles. The quantitative estimate of drug-likeness (QED) is 0.722. The average Bonchev–Trinajstić information content (AvgIpc) is 2.94. The third-order valence-electron chi connectivity index (χ3n) is 4.02. The second kappa shape index (κ2) is 8.67. The summed E-state index contributed by atoms with van der Waals surface area (Å²) in [4.78, 5) is 25.3. The molecule has 23 heavy (non-hydrogen) atoms. The fourth-order valence-electron chi connectivity index (χ4n) is 2.75. The van der Waals surface area contributed by atoms with Crippen LogP contribution in [0.25, 0.3) is 0 Å². The zero-order valence-corrected chi connectivity index (χ0v) is 13.9. The molecule has 126 valence electrons. The predicted molar refractivity (Wildman–Crippen MR) is 86.6 cm³/mol. The number of hydrogen-bond donors (Lipinski definition) is 0. The first-order chi connectivity index (χ1) is 11.1. The molecule has 0 spiro atoms. The van der Waals surface area contributed by atoms with E-state index in [-0.39, 0.29) is 24.0 Å². The van der Waals surface area contributed by atoms with Gasteiger partial charge in [-0.05, 0) is 5.56 Å². The first-order valence-electron chi connectivity index (χ1n) is 8.23. The van der Waals surface area contributed by atoms with Crippen LogP contribution in [0.4, 0.5) is 0 Å². The molecule has 1 aromatic carbocycles. The molecule has 0 aromatic heterocycles. The highest BCUT2D eigenvalue weighted by Crippen LogP contribution is 2.23. The van der Waals surface area contributed by atoms with Crippen LogP contribution >= 0.6 is 0 Å². The van der Waals surface area contributed by atoms with Crippen LogP contribution in [0.15, 0.2) is 30.3 Å². The smallest absolute Gasteiger partial charge is 0.305 e. The SMILES string of the molecule is CCC(=O)OCC1CN(Cc2ccccc2)CC1OC(=O)CC. The number of rotatable bonds is 7. The Morgan fingerprint density at radius 1 is 1.09 bits per heavy atom. The maximum absolute atomic E-state index is 11.6. The van der Waals surface area contributed by atoms with E-state index < -0.39 is 0 Å². The van der Waals surface area contributed by atoms with Crippen molar-refractivity contribution in [1.82, 2.24) is 4.90 Å². The molecular weight excluding hydrogens is 294 g/mol. The van der Waals surface area contributed by atoms with Crippen molar-refractivity contribution in [1.29, 1.82) is 0 Å². The summed E-state index contributed by atoms with van der Waals surface area (Å²) < 4.78 is 10.8. The number of carbonyl (C=O) groups excluding carboxylic acids is 2. The second-order valence-corrected chi connectivity index (χ2v) is 5.86. The maximum Gasteiger partial charge on any atom is 0.305 e. The summed E-state index contributed by atoms with van der Waals surface area (Å²) in [6.45, 7) is 6.10. The highest BCUT2D eigenvalue weighted by atomic mass is 16.6. The minimum absolute atomic E-state index is 0.0321. The monoisotopic (exact) mass is 319 g/mol. The molecule has 0 amide bonds. The van der Waals surface area contributed by atoms with Crippen molar-refractivity contribution in [2.24, 2.45) is 5.92 Å². The van der Waals surface area contributed by atoms with Crippen molar-refractivity contribution in [3.63, 3.8) is 0 Å². The summed E-state index contributed by atoms with van der Waals surface area (Å²) in [7, 11) is 0. The first-order valence-corrected chi connectivity index (χ1v) is 8.23. The number of carbonyl (C=O) groups is 2. The van der Waals surface area contributed by atoms with Crippen LogP contribution in [-0.2, 0) is 25.6 Å². The van der Waals surface area contributed by atoms with Crippen molar-refractivity contribution in [2.75, 3.05) is 19.7 Å². The van der Waals surface area contributed by atoms with Gasteiger partial charge in [0.05, 0.1) is 6.61 Å². The fourth-order valence-corrected chi connectivity index (χ4v) is 2.75. The Kier molecular flexibility index (Phi) is 6.59. The van der Waals surface area contributed by atoms with E-state index in [1.165, 1.54) is 5.56 Å². The van der Waals surface area contributed by atoms with E-state index in [9.17, 15) is 9.59 Å². The third-order valence-corrected chi connectivity index (χ3v) is 4.02. The van der Waals surface area contributed by atoms with E-state index >= 15 is 0 Å². The number of likely N-dealkylation sites (tertiary alicyclic amines) is 1. The lowest BCUT2D eigenvalue weighted by Crippen LogP contribution is -2.29. The van der Waals surface area contributed by atoms with Gasteiger partial charge in [0.15, 0.2) is 0 Å². The number of hydrogen-bond acceptors (Lipinski definition) is 5. The molecule has 1 saturated heterocycles. The number of esters is 2. The zero-order chi connectivity index (χ0) is 16.7. The van der Waals surface area contributed by atoms with Crippen LogP contribution in [0.2, 0.25) is 0 Å². The Labute approximate surface area is 137 Å². The van der Waals surface area contributed by atoms with Crippen molar-refractivity contribution in [3.8, 4) is 0 Å². The van der Waals surface area contributed by atoms with Crippen molar-refractivity contribution < 1.29 is 19.1 Å². The zero-order valence-electron chi connectivity index (χ0n) is 13.9. The molecular formula is C18H25NO4. The summed E-state index contributed by atoms with van der Waals surface area (Å²) >= 11 is 0.